The Morgan fingerprint density at radius 1 is 1.15 bits per heavy atom. The monoisotopic (exact) mass is 562 g/mol. The number of Topliss-reactive ketones (excluding diaryl/α,β-unsaturated/α-hetero) is 1. The van der Waals surface area contributed by atoms with E-state index in [1.807, 2.05) is 28.9 Å². The summed E-state index contributed by atoms with van der Waals surface area (Å²) < 4.78 is 41.2. The molecule has 0 aliphatic carbocycles. The molecule has 1 aliphatic rings. The van der Waals surface area contributed by atoms with Crippen molar-refractivity contribution < 1.29 is 22.8 Å². The highest BCUT2D eigenvalue weighted by Gasteiger charge is 2.31. The van der Waals surface area contributed by atoms with Crippen LogP contribution in [0.5, 0.6) is 0 Å². The number of nitrogens with two attached hydrogens (primary N) is 1. The first kappa shape index (κ1) is 28.0. The van der Waals surface area contributed by atoms with Crippen LogP contribution in [0.3, 0.4) is 0 Å². The number of hydrogen-bond acceptors (Lipinski definition) is 6. The molecule has 1 amide bonds. The predicted octanol–water partition coefficient (Wildman–Crippen LogP) is 5.57. The lowest BCUT2D eigenvalue weighted by Gasteiger charge is -2.32. The molecule has 2 aromatic carbocycles. The van der Waals surface area contributed by atoms with E-state index in [0.29, 0.717) is 41.8 Å². The molecule has 5 rings (SSSR count). The smallest absolute Gasteiger partial charge is 0.383 e. The van der Waals surface area contributed by atoms with Crippen molar-refractivity contribution in [3.63, 3.8) is 0 Å². The Bertz CT molecular complexity index is 1630. The Morgan fingerprint density at radius 2 is 1.90 bits per heavy atom. The van der Waals surface area contributed by atoms with Crippen LogP contribution in [0, 0.1) is 6.92 Å². The van der Waals surface area contributed by atoms with Crippen LogP contribution in [-0.4, -0.2) is 49.4 Å². The quantitative estimate of drug-likeness (QED) is 0.233. The lowest BCUT2D eigenvalue weighted by molar-refractivity contribution is -0.137. The number of hydrogen-bond donors (Lipinski definition) is 1. The first-order valence-corrected chi connectivity index (χ1v) is 13.3. The van der Waals surface area contributed by atoms with Gasteiger partial charge in [-0.05, 0) is 55.5 Å². The minimum absolute atomic E-state index is 0.0709. The molecule has 11 heteroatoms. The van der Waals surface area contributed by atoms with Gasteiger partial charge in [0.1, 0.15) is 17.8 Å². The summed E-state index contributed by atoms with van der Waals surface area (Å²) in [6, 6.07) is 10.6. The summed E-state index contributed by atoms with van der Waals surface area (Å²) in [6.45, 7) is 6.35. The normalized spacial score (nSPS) is 15.7. The molecule has 212 valence electrons. The first-order valence-electron chi connectivity index (χ1n) is 13.3. The van der Waals surface area contributed by atoms with Gasteiger partial charge in [0.25, 0.3) is 0 Å². The van der Waals surface area contributed by atoms with E-state index in [9.17, 15) is 22.8 Å². The number of carbonyl (C=O) groups excluding carboxylic acids is 2. The number of benzene rings is 2. The van der Waals surface area contributed by atoms with Gasteiger partial charge in [0.15, 0.2) is 11.4 Å². The molecule has 1 atom stereocenters. The molecule has 3 heterocycles. The number of piperidine rings is 1. The van der Waals surface area contributed by atoms with Crippen molar-refractivity contribution in [2.24, 2.45) is 0 Å². The van der Waals surface area contributed by atoms with Gasteiger partial charge in [-0.25, -0.2) is 14.6 Å². The number of anilines is 1. The maximum atomic E-state index is 13.1. The van der Waals surface area contributed by atoms with E-state index >= 15 is 0 Å². The summed E-state index contributed by atoms with van der Waals surface area (Å²) >= 11 is 0. The maximum Gasteiger partial charge on any atom is 0.416 e. The van der Waals surface area contributed by atoms with Crippen molar-refractivity contribution >= 4 is 28.5 Å². The van der Waals surface area contributed by atoms with E-state index in [0.717, 1.165) is 36.1 Å². The summed E-state index contributed by atoms with van der Waals surface area (Å²) in [7, 11) is 0. The Hall–Kier alpha value is -4.54. The van der Waals surface area contributed by atoms with Crippen molar-refractivity contribution in [3.05, 3.63) is 83.7 Å². The SMILES string of the molecule is C=CC(=O)N1CCCC(n2nc(-c3ccc(CCC(=O)c4cc(C(F)(F)F)ccc4C)cc3)c3c(N)ncnc32)C1. The topological polar surface area (TPSA) is 107 Å². The molecular formula is C30H29F3N6O2. The summed E-state index contributed by atoms with van der Waals surface area (Å²) in [4.78, 5) is 35.4. The molecule has 0 saturated carbocycles. The Morgan fingerprint density at radius 3 is 2.61 bits per heavy atom. The molecule has 2 aromatic heterocycles. The number of fused-ring (bicyclic) bond motifs is 1. The molecule has 1 aliphatic heterocycles. The molecular weight excluding hydrogens is 533 g/mol. The third-order valence-corrected chi connectivity index (χ3v) is 7.48. The number of ketones is 1. The van der Waals surface area contributed by atoms with E-state index in [-0.39, 0.29) is 35.5 Å². The average Bonchev–Trinajstić information content (AvgIpc) is 3.36. The fraction of sp³-hybridized carbons (Fsp3) is 0.300. The van der Waals surface area contributed by atoms with Crippen LogP contribution in [0.4, 0.5) is 19.0 Å². The van der Waals surface area contributed by atoms with E-state index in [4.69, 9.17) is 10.8 Å². The fourth-order valence-electron chi connectivity index (χ4n) is 5.26. The van der Waals surface area contributed by atoms with Gasteiger partial charge in [-0.2, -0.15) is 18.3 Å². The van der Waals surface area contributed by atoms with Crippen molar-refractivity contribution in [2.45, 2.75) is 44.8 Å². The van der Waals surface area contributed by atoms with Crippen LogP contribution in [0.15, 0.2) is 61.4 Å². The molecule has 41 heavy (non-hydrogen) atoms. The largest absolute Gasteiger partial charge is 0.416 e. The Labute approximate surface area is 234 Å². The second-order valence-electron chi connectivity index (χ2n) is 10.2. The zero-order valence-corrected chi connectivity index (χ0v) is 22.5. The number of nitrogens with zero attached hydrogens (tertiary/aromatic N) is 5. The third kappa shape index (κ3) is 5.70. The first-order chi connectivity index (χ1) is 19.6. The number of aryl methyl sites for hydroxylation is 2. The summed E-state index contributed by atoms with van der Waals surface area (Å²) in [6.07, 6.45) is 0.260. The van der Waals surface area contributed by atoms with Crippen LogP contribution < -0.4 is 5.73 Å². The molecule has 0 spiro atoms. The van der Waals surface area contributed by atoms with E-state index in [1.54, 1.807) is 11.8 Å². The fourth-order valence-corrected chi connectivity index (χ4v) is 5.26. The predicted molar refractivity (Wildman–Crippen MR) is 149 cm³/mol. The number of nitrogen functional groups attached to an aromatic ring is 1. The van der Waals surface area contributed by atoms with Crippen LogP contribution in [0.2, 0.25) is 0 Å². The van der Waals surface area contributed by atoms with Gasteiger partial charge in [-0.15, -0.1) is 0 Å². The minimum Gasteiger partial charge on any atom is -0.383 e. The second kappa shape index (κ2) is 11.1. The number of rotatable bonds is 7. The van der Waals surface area contributed by atoms with E-state index in [2.05, 4.69) is 16.5 Å². The number of halogens is 3. The summed E-state index contributed by atoms with van der Waals surface area (Å²) in [5.74, 6) is -0.182. The highest BCUT2D eigenvalue weighted by atomic mass is 19.4. The zero-order valence-electron chi connectivity index (χ0n) is 22.5. The average molecular weight is 563 g/mol. The van der Waals surface area contributed by atoms with Crippen molar-refractivity contribution in [1.29, 1.82) is 0 Å². The van der Waals surface area contributed by atoms with Crippen LogP contribution in [-0.2, 0) is 17.4 Å². The molecule has 8 nitrogen and oxygen atoms in total. The van der Waals surface area contributed by atoms with E-state index in [1.165, 1.54) is 18.5 Å². The second-order valence-corrected chi connectivity index (χ2v) is 10.2. The van der Waals surface area contributed by atoms with Crippen molar-refractivity contribution in [1.82, 2.24) is 24.6 Å². The molecule has 1 unspecified atom stereocenters. The molecule has 4 aromatic rings. The van der Waals surface area contributed by atoms with Gasteiger partial charge in [0.05, 0.1) is 17.0 Å². The molecule has 2 N–H and O–H groups in total. The number of amides is 1. The number of likely N-dealkylation sites (tertiary alicyclic amines) is 1. The summed E-state index contributed by atoms with van der Waals surface area (Å²) in [5, 5.41) is 5.48. The number of carbonyl (C=O) groups is 2. The molecule has 1 fully saturated rings. The maximum absolute atomic E-state index is 13.1. The van der Waals surface area contributed by atoms with Gasteiger partial charge in [0.2, 0.25) is 5.91 Å². The molecule has 0 radical (unpaired) electrons. The minimum atomic E-state index is -4.51. The summed E-state index contributed by atoms with van der Waals surface area (Å²) in [5.41, 5.74) is 8.83. The van der Waals surface area contributed by atoms with Gasteiger partial charge >= 0.3 is 6.18 Å². The Kier molecular flexibility index (Phi) is 7.61. The zero-order chi connectivity index (χ0) is 29.3. The highest BCUT2D eigenvalue weighted by Crippen LogP contribution is 2.34. The lowest BCUT2D eigenvalue weighted by atomic mass is 9.96. The number of alkyl halides is 3. The molecule has 1 saturated heterocycles. The lowest BCUT2D eigenvalue weighted by Crippen LogP contribution is -2.40. The van der Waals surface area contributed by atoms with Gasteiger partial charge in [-0.3, -0.25) is 9.59 Å². The van der Waals surface area contributed by atoms with E-state index < -0.39 is 11.7 Å². The van der Waals surface area contributed by atoms with Crippen LogP contribution in [0.1, 0.15) is 52.4 Å². The Balaban J connectivity index is 1.37. The van der Waals surface area contributed by atoms with Gasteiger partial charge in [-0.1, -0.05) is 36.9 Å². The standard InChI is InChI=1S/C30H29F3N6O2/c1-3-25(41)38-14-4-5-22(16-38)39-29-26(28(34)35-17-36-29)27(37-39)20-10-7-19(8-11-20)9-13-24(40)23-15-21(30(31,32)33)12-6-18(23)2/h3,6-8,10-12,15,17,22H,1,4-5,9,13-14,16H2,2H3,(H2,34,35,36). The van der Waals surface area contributed by atoms with Crippen molar-refractivity contribution in [3.8, 4) is 11.3 Å². The highest BCUT2D eigenvalue weighted by molar-refractivity contribution is 5.99. The van der Waals surface area contributed by atoms with Crippen LogP contribution in [0.25, 0.3) is 22.3 Å². The third-order valence-electron chi connectivity index (χ3n) is 7.48. The molecule has 0 bridgehead atoms. The van der Waals surface area contributed by atoms with Crippen LogP contribution >= 0.6 is 0 Å². The van der Waals surface area contributed by atoms with Gasteiger partial charge < -0.3 is 10.6 Å². The van der Waals surface area contributed by atoms with Crippen molar-refractivity contribution in [2.75, 3.05) is 18.8 Å². The number of aromatic nitrogens is 4. The van der Waals surface area contributed by atoms with Gasteiger partial charge in [0, 0.05) is 30.6 Å².